The summed E-state index contributed by atoms with van der Waals surface area (Å²) in [7, 11) is 0. The smallest absolute Gasteiger partial charge is 0.172 e. The summed E-state index contributed by atoms with van der Waals surface area (Å²) in [6.45, 7) is 1.76. The van der Waals surface area contributed by atoms with Crippen molar-refractivity contribution >= 4 is 29.5 Å². The maximum Gasteiger partial charge on any atom is 0.172 e. The number of aromatic nitrogens is 1. The Hall–Kier alpha value is -2.30. The summed E-state index contributed by atoms with van der Waals surface area (Å²) in [5.74, 6) is -0.201. The summed E-state index contributed by atoms with van der Waals surface area (Å²) >= 11 is 12.7. The van der Waals surface area contributed by atoms with E-state index in [1.54, 1.807) is 42.0 Å². The van der Waals surface area contributed by atoms with Crippen LogP contribution in [0, 0.1) is 12.7 Å². The van der Waals surface area contributed by atoms with Crippen molar-refractivity contribution in [1.29, 1.82) is 0 Å². The van der Waals surface area contributed by atoms with Gasteiger partial charge in [-0.25, -0.2) is 4.39 Å². The molecule has 1 aliphatic heterocycles. The van der Waals surface area contributed by atoms with Crippen LogP contribution in [0.3, 0.4) is 0 Å². The second-order valence-electron chi connectivity index (χ2n) is 5.47. The molecule has 0 saturated carbocycles. The lowest BCUT2D eigenvalue weighted by molar-refractivity contribution is 0.112. The first-order chi connectivity index (χ1) is 11.5. The van der Waals surface area contributed by atoms with E-state index in [0.29, 0.717) is 43.9 Å². The minimum atomic E-state index is -0.534. The van der Waals surface area contributed by atoms with E-state index in [0.717, 1.165) is 6.29 Å². The van der Waals surface area contributed by atoms with Gasteiger partial charge in [0.2, 0.25) is 0 Å². The van der Waals surface area contributed by atoms with Gasteiger partial charge in [-0.05, 0) is 36.8 Å². The Kier molecular flexibility index (Phi) is 3.41. The molecule has 0 spiro atoms. The molecule has 1 aromatic heterocycles. The van der Waals surface area contributed by atoms with Gasteiger partial charge in [0.15, 0.2) is 23.6 Å². The van der Waals surface area contributed by atoms with Crippen LogP contribution in [-0.2, 0) is 0 Å². The molecule has 0 amide bonds. The molecule has 0 atom stereocenters. The topological polar surface area (TPSA) is 31.2 Å². The second-order valence-corrected chi connectivity index (χ2v) is 6.26. The van der Waals surface area contributed by atoms with Crippen LogP contribution < -0.4 is 4.74 Å². The number of carbonyl (C=O) groups excluding carboxylic acids is 1. The summed E-state index contributed by atoms with van der Waals surface area (Å²) in [4.78, 5) is 11.4. The van der Waals surface area contributed by atoms with Crippen molar-refractivity contribution in [2.75, 3.05) is 0 Å². The van der Waals surface area contributed by atoms with Crippen molar-refractivity contribution in [3.63, 3.8) is 0 Å². The molecule has 0 fully saturated rings. The molecule has 3 nitrogen and oxygen atoms in total. The van der Waals surface area contributed by atoms with E-state index in [1.165, 1.54) is 6.07 Å². The molecular formula is C18H10Cl2FNO2. The molecule has 0 unspecified atom stereocenters. The van der Waals surface area contributed by atoms with Gasteiger partial charge in [-0.15, -0.1) is 0 Å². The fraction of sp³-hybridized carbons (Fsp3) is 0.0556. The normalized spacial score (nSPS) is 11.8. The summed E-state index contributed by atoms with van der Waals surface area (Å²) in [6, 6.07) is 7.92. The van der Waals surface area contributed by atoms with Gasteiger partial charge in [0.1, 0.15) is 0 Å². The van der Waals surface area contributed by atoms with Crippen molar-refractivity contribution in [1.82, 2.24) is 4.57 Å². The average molecular weight is 362 g/mol. The van der Waals surface area contributed by atoms with E-state index < -0.39 is 5.82 Å². The monoisotopic (exact) mass is 361 g/mol. The van der Waals surface area contributed by atoms with E-state index in [4.69, 9.17) is 27.9 Å². The third kappa shape index (κ3) is 2.00. The van der Waals surface area contributed by atoms with Gasteiger partial charge in [0, 0.05) is 22.3 Å². The molecule has 0 saturated heterocycles. The maximum absolute atomic E-state index is 14.4. The number of ether oxygens (including phenoxy) is 1. The summed E-state index contributed by atoms with van der Waals surface area (Å²) in [5, 5.41) is 0.766. The summed E-state index contributed by atoms with van der Waals surface area (Å²) in [5.41, 5.74) is 2.62. The number of para-hydroxylation sites is 1. The van der Waals surface area contributed by atoms with Gasteiger partial charge >= 0.3 is 0 Å². The Balaban J connectivity index is 2.19. The zero-order valence-corrected chi connectivity index (χ0v) is 14.0. The molecule has 0 N–H and O–H groups in total. The van der Waals surface area contributed by atoms with Crippen LogP contribution in [0.15, 0.2) is 36.5 Å². The highest BCUT2D eigenvalue weighted by molar-refractivity contribution is 6.37. The molecule has 2 aromatic carbocycles. The van der Waals surface area contributed by atoms with Gasteiger partial charge in [-0.1, -0.05) is 29.3 Å². The van der Waals surface area contributed by atoms with Crippen LogP contribution in [0.4, 0.5) is 4.39 Å². The molecule has 0 radical (unpaired) electrons. The third-order valence-corrected chi connectivity index (χ3v) is 4.96. The molecule has 24 heavy (non-hydrogen) atoms. The van der Waals surface area contributed by atoms with Gasteiger partial charge in [0.05, 0.1) is 16.4 Å². The SMILES string of the molecule is Cc1c(Cl)cc2c(c1Cl)Oc1c(F)cccc1-c1c(C=O)ccn1-2. The lowest BCUT2D eigenvalue weighted by atomic mass is 10.1. The number of carbonyl (C=O) groups is 1. The predicted octanol–water partition coefficient (Wildman–Crippen LogP) is 5.82. The van der Waals surface area contributed by atoms with Crippen molar-refractivity contribution in [2.24, 2.45) is 0 Å². The van der Waals surface area contributed by atoms with E-state index in [1.807, 2.05) is 0 Å². The number of nitrogens with zero attached hydrogens (tertiary/aromatic N) is 1. The van der Waals surface area contributed by atoms with Gasteiger partial charge < -0.3 is 9.30 Å². The van der Waals surface area contributed by atoms with Crippen LogP contribution in [0.25, 0.3) is 16.9 Å². The molecule has 3 aromatic rings. The molecule has 0 bridgehead atoms. The quantitative estimate of drug-likeness (QED) is 0.400. The Morgan fingerprint density at radius 1 is 1.21 bits per heavy atom. The van der Waals surface area contributed by atoms with Crippen molar-refractivity contribution < 1.29 is 13.9 Å². The van der Waals surface area contributed by atoms with Crippen LogP contribution >= 0.6 is 23.2 Å². The summed E-state index contributed by atoms with van der Waals surface area (Å²) < 4.78 is 22.0. The molecule has 2 heterocycles. The first kappa shape index (κ1) is 15.2. The van der Waals surface area contributed by atoms with Crippen molar-refractivity contribution in [2.45, 2.75) is 6.92 Å². The van der Waals surface area contributed by atoms with Crippen LogP contribution in [0.2, 0.25) is 10.0 Å². The Bertz CT molecular complexity index is 1010. The maximum atomic E-state index is 14.4. The Morgan fingerprint density at radius 2 is 2.00 bits per heavy atom. The van der Waals surface area contributed by atoms with Crippen LogP contribution in [0.5, 0.6) is 11.5 Å². The van der Waals surface area contributed by atoms with Gasteiger partial charge in [0.25, 0.3) is 0 Å². The molecule has 0 aliphatic carbocycles. The zero-order chi connectivity index (χ0) is 17.0. The van der Waals surface area contributed by atoms with Gasteiger partial charge in [-0.2, -0.15) is 0 Å². The number of hydrogen-bond donors (Lipinski definition) is 0. The standard InChI is InChI=1S/C18H10Cl2FNO2/c1-9-12(19)7-14-18(15(9)20)24-17-11(3-2-4-13(17)21)16-10(8-23)5-6-22(14)16/h2-8H,1H3. The van der Waals surface area contributed by atoms with E-state index in [2.05, 4.69) is 0 Å². The largest absolute Gasteiger partial charge is 0.450 e. The highest BCUT2D eigenvalue weighted by Crippen LogP contribution is 2.48. The fourth-order valence-electron chi connectivity index (χ4n) is 2.89. The third-order valence-electron chi connectivity index (χ3n) is 4.11. The van der Waals surface area contributed by atoms with E-state index in [9.17, 15) is 9.18 Å². The fourth-order valence-corrected chi connectivity index (χ4v) is 3.37. The lowest BCUT2D eigenvalue weighted by Crippen LogP contribution is -1.97. The zero-order valence-electron chi connectivity index (χ0n) is 12.4. The number of benzene rings is 2. The Morgan fingerprint density at radius 3 is 2.75 bits per heavy atom. The Labute approximate surface area is 147 Å². The minimum absolute atomic E-state index is 0.0305. The number of aldehydes is 1. The van der Waals surface area contributed by atoms with E-state index in [-0.39, 0.29) is 5.75 Å². The van der Waals surface area contributed by atoms with Crippen LogP contribution in [-0.4, -0.2) is 10.9 Å². The number of halogens is 3. The average Bonchev–Trinajstić information content (AvgIpc) is 2.94. The predicted molar refractivity (Wildman–Crippen MR) is 91.4 cm³/mol. The molecule has 4 rings (SSSR count). The van der Waals surface area contributed by atoms with Crippen molar-refractivity contribution in [3.8, 4) is 28.4 Å². The van der Waals surface area contributed by atoms with Crippen LogP contribution in [0.1, 0.15) is 15.9 Å². The van der Waals surface area contributed by atoms with Crippen molar-refractivity contribution in [3.05, 3.63) is 63.5 Å². The molecule has 6 heteroatoms. The molecular weight excluding hydrogens is 352 g/mol. The molecule has 120 valence electrons. The van der Waals surface area contributed by atoms with E-state index >= 15 is 0 Å². The lowest BCUT2D eigenvalue weighted by Gasteiger charge is -2.14. The number of fused-ring (bicyclic) bond motifs is 5. The molecule has 1 aliphatic rings. The summed E-state index contributed by atoms with van der Waals surface area (Å²) in [6.07, 6.45) is 2.44. The second kappa shape index (κ2) is 5.36. The minimum Gasteiger partial charge on any atom is -0.450 e. The first-order valence-corrected chi connectivity index (χ1v) is 7.90. The first-order valence-electron chi connectivity index (χ1n) is 7.15. The highest BCUT2D eigenvalue weighted by atomic mass is 35.5. The van der Waals surface area contributed by atoms with Gasteiger partial charge in [-0.3, -0.25) is 4.79 Å². The number of hydrogen-bond acceptors (Lipinski definition) is 2. The number of rotatable bonds is 1. The highest BCUT2D eigenvalue weighted by Gasteiger charge is 2.28.